The first kappa shape index (κ1) is 22.4. The summed E-state index contributed by atoms with van der Waals surface area (Å²) in [7, 11) is 0. The number of benzene rings is 3. The number of carbonyl (C=O) groups excluding carboxylic acids is 1. The van der Waals surface area contributed by atoms with Crippen molar-refractivity contribution in [2.24, 2.45) is 11.8 Å². The molecule has 3 aromatic rings. The van der Waals surface area contributed by atoms with Gasteiger partial charge in [0, 0.05) is 30.9 Å². The van der Waals surface area contributed by atoms with E-state index in [0.29, 0.717) is 16.9 Å². The zero-order valence-corrected chi connectivity index (χ0v) is 19.0. The molecule has 1 atom stereocenters. The maximum absolute atomic E-state index is 13.7. The second-order valence-corrected chi connectivity index (χ2v) is 9.71. The number of hydrogen-bond acceptors (Lipinski definition) is 4. The number of hydrogen-bond donors (Lipinski definition) is 1. The van der Waals surface area contributed by atoms with Crippen LogP contribution in [0, 0.1) is 22.0 Å². The first-order chi connectivity index (χ1) is 16.4. The van der Waals surface area contributed by atoms with Crippen molar-refractivity contribution in [2.75, 3.05) is 19.6 Å². The van der Waals surface area contributed by atoms with Gasteiger partial charge in [0.1, 0.15) is 5.60 Å². The van der Waals surface area contributed by atoms with E-state index in [1.807, 2.05) is 60.7 Å². The molecular weight excluding hydrogens is 428 g/mol. The number of nitro benzene ring substituents is 1. The van der Waals surface area contributed by atoms with Crippen LogP contribution in [0.1, 0.15) is 29.5 Å². The molecule has 0 aromatic heterocycles. The summed E-state index contributed by atoms with van der Waals surface area (Å²) >= 11 is 0. The van der Waals surface area contributed by atoms with Crippen LogP contribution in [0.4, 0.5) is 5.69 Å². The molecule has 3 heterocycles. The van der Waals surface area contributed by atoms with Gasteiger partial charge in [0.15, 0.2) is 0 Å². The Balaban J connectivity index is 1.47. The van der Waals surface area contributed by atoms with E-state index in [9.17, 15) is 20.0 Å². The highest BCUT2D eigenvalue weighted by Gasteiger charge is 2.57. The molecule has 34 heavy (non-hydrogen) atoms. The van der Waals surface area contributed by atoms with Crippen molar-refractivity contribution in [1.82, 2.24) is 0 Å². The Kier molecular flexibility index (Phi) is 5.80. The lowest BCUT2D eigenvalue weighted by Crippen LogP contribution is -2.68. The van der Waals surface area contributed by atoms with Crippen LogP contribution in [0.15, 0.2) is 84.9 Å². The van der Waals surface area contributed by atoms with Crippen LogP contribution in [-0.2, 0) is 16.8 Å². The fourth-order valence-electron chi connectivity index (χ4n) is 6.07. The van der Waals surface area contributed by atoms with Gasteiger partial charge in [0.05, 0.1) is 31.0 Å². The highest BCUT2D eigenvalue weighted by molar-refractivity contribution is 5.72. The highest BCUT2D eigenvalue weighted by atomic mass is 16.6. The molecule has 6 rings (SSSR count). The molecule has 174 valence electrons. The lowest BCUT2D eigenvalue weighted by atomic mass is 9.64. The number of nitrogens with zero attached hydrogens (tertiary/aromatic N) is 2. The zero-order chi connectivity index (χ0) is 23.8. The molecule has 3 fully saturated rings. The van der Waals surface area contributed by atoms with E-state index in [1.165, 1.54) is 12.1 Å². The van der Waals surface area contributed by atoms with Crippen molar-refractivity contribution in [2.45, 2.75) is 24.9 Å². The third-order valence-electron chi connectivity index (χ3n) is 7.97. The van der Waals surface area contributed by atoms with Gasteiger partial charge >= 0.3 is 5.91 Å². The van der Waals surface area contributed by atoms with Gasteiger partial charge < -0.3 is 5.11 Å². The third kappa shape index (κ3) is 3.83. The van der Waals surface area contributed by atoms with Crippen molar-refractivity contribution in [3.05, 3.63) is 112 Å². The molecule has 3 aromatic carbocycles. The van der Waals surface area contributed by atoms with Gasteiger partial charge in [-0.3, -0.25) is 14.6 Å². The zero-order valence-electron chi connectivity index (χ0n) is 19.0. The Morgan fingerprint density at radius 2 is 1.44 bits per heavy atom. The maximum atomic E-state index is 13.7. The Hall–Kier alpha value is -3.35. The number of quaternary nitrogens is 1. The molecular formula is C28H29N2O4+. The van der Waals surface area contributed by atoms with Crippen molar-refractivity contribution in [3.8, 4) is 0 Å². The Bertz CT molecular complexity index is 1130. The first-order valence-electron chi connectivity index (χ1n) is 11.9. The summed E-state index contributed by atoms with van der Waals surface area (Å²) in [4.78, 5) is 24.2. The monoisotopic (exact) mass is 457 g/mol. The van der Waals surface area contributed by atoms with Crippen LogP contribution in [0.5, 0.6) is 0 Å². The minimum Gasteiger partial charge on any atom is -0.380 e. The van der Waals surface area contributed by atoms with Gasteiger partial charge in [-0.2, -0.15) is 0 Å². The van der Waals surface area contributed by atoms with Crippen molar-refractivity contribution >= 4 is 11.6 Å². The highest BCUT2D eigenvalue weighted by Crippen LogP contribution is 2.49. The number of aliphatic hydroxyl groups is 1. The minimum absolute atomic E-state index is 0.0258. The number of rotatable bonds is 6. The molecule has 0 aliphatic carbocycles. The molecule has 1 N–H and O–H groups in total. The van der Waals surface area contributed by atoms with Crippen molar-refractivity contribution in [1.29, 1.82) is 0 Å². The summed E-state index contributed by atoms with van der Waals surface area (Å²) < 4.78 is 0.361. The van der Waals surface area contributed by atoms with E-state index in [0.717, 1.165) is 42.6 Å². The fraction of sp³-hybridized carbons (Fsp3) is 0.321. The van der Waals surface area contributed by atoms with Gasteiger partial charge in [0.25, 0.3) is 5.69 Å². The summed E-state index contributed by atoms with van der Waals surface area (Å²) in [6.45, 7) is 2.16. The summed E-state index contributed by atoms with van der Waals surface area (Å²) in [5, 5.41) is 23.3. The van der Waals surface area contributed by atoms with E-state index in [2.05, 4.69) is 0 Å². The fourth-order valence-corrected chi connectivity index (χ4v) is 6.07. The van der Waals surface area contributed by atoms with E-state index in [1.54, 1.807) is 12.1 Å². The van der Waals surface area contributed by atoms with Crippen LogP contribution >= 0.6 is 0 Å². The normalized spacial score (nSPS) is 24.0. The summed E-state index contributed by atoms with van der Waals surface area (Å²) in [5.41, 5.74) is 1.36. The second-order valence-electron chi connectivity index (χ2n) is 9.71. The van der Waals surface area contributed by atoms with Crippen LogP contribution in [0.3, 0.4) is 0 Å². The predicted molar refractivity (Wildman–Crippen MR) is 129 cm³/mol. The minimum atomic E-state index is -1.18. The van der Waals surface area contributed by atoms with E-state index >= 15 is 0 Å². The Morgan fingerprint density at radius 3 is 1.94 bits per heavy atom. The number of carbonyl (C=O) groups is 1. The molecule has 1 amide bonds. The maximum Gasteiger partial charge on any atom is 0.318 e. The smallest absolute Gasteiger partial charge is 0.318 e. The van der Waals surface area contributed by atoms with Gasteiger partial charge in [-0.25, -0.2) is 4.79 Å². The van der Waals surface area contributed by atoms with Crippen LogP contribution in [0.2, 0.25) is 0 Å². The van der Waals surface area contributed by atoms with E-state index < -0.39 is 10.5 Å². The largest absolute Gasteiger partial charge is 0.380 e. The molecule has 3 aliphatic rings. The number of fused-ring (bicyclic) bond motifs is 3. The van der Waals surface area contributed by atoms with Gasteiger partial charge in [-0.05, 0) is 22.6 Å². The third-order valence-corrected chi connectivity index (χ3v) is 7.97. The molecule has 1 unspecified atom stereocenters. The van der Waals surface area contributed by atoms with Gasteiger partial charge in [-0.1, -0.05) is 72.8 Å². The van der Waals surface area contributed by atoms with E-state index in [4.69, 9.17) is 0 Å². The molecule has 0 saturated carbocycles. The van der Waals surface area contributed by atoms with E-state index in [-0.39, 0.29) is 23.9 Å². The molecule has 0 radical (unpaired) electrons. The lowest BCUT2D eigenvalue weighted by molar-refractivity contribution is -0.878. The average molecular weight is 458 g/mol. The van der Waals surface area contributed by atoms with Crippen molar-refractivity contribution in [3.63, 3.8) is 0 Å². The van der Waals surface area contributed by atoms with Crippen LogP contribution in [0.25, 0.3) is 0 Å². The number of piperidine rings is 3. The Labute approximate surface area is 199 Å². The second kappa shape index (κ2) is 8.78. The SMILES string of the molecule is O=C(Cc1ccc([N+](=O)[O-])cc1)[N+]12CCC(CC1)C(C(O)(c1ccccc1)c1ccccc1)C2. The number of non-ortho nitro benzene ring substituents is 1. The molecule has 6 heteroatoms. The summed E-state index contributed by atoms with van der Waals surface area (Å²) in [6.07, 6.45) is 2.04. The molecule has 0 spiro atoms. The quantitative estimate of drug-likeness (QED) is 0.337. The number of amides is 1. The first-order valence-corrected chi connectivity index (χ1v) is 11.9. The molecule has 3 aliphatic heterocycles. The predicted octanol–water partition coefficient (Wildman–Crippen LogP) is 4.46. The molecule has 3 saturated heterocycles. The molecule has 6 nitrogen and oxygen atoms in total. The van der Waals surface area contributed by atoms with Crippen molar-refractivity contribution < 1.29 is 19.3 Å². The molecule has 2 bridgehead atoms. The standard InChI is InChI=1S/C28H29N2O4/c31-27(19-21-11-13-25(14-12-21)29(33)34)30-17-15-22(16-18-30)26(20-30)28(32,23-7-3-1-4-8-23)24-9-5-2-6-10-24/h1-14,22,26,32H,15-20H2/q+1. The summed E-state index contributed by atoms with van der Waals surface area (Å²) in [5.74, 6) is 0.388. The topological polar surface area (TPSA) is 80.4 Å². The average Bonchev–Trinajstić information content (AvgIpc) is 2.90. The Morgan fingerprint density at radius 1 is 0.912 bits per heavy atom. The van der Waals surface area contributed by atoms with Crippen LogP contribution in [-0.4, -0.2) is 40.1 Å². The van der Waals surface area contributed by atoms with Gasteiger partial charge in [-0.15, -0.1) is 0 Å². The van der Waals surface area contributed by atoms with Gasteiger partial charge in [0.2, 0.25) is 0 Å². The van der Waals surface area contributed by atoms with Crippen LogP contribution < -0.4 is 0 Å². The lowest BCUT2D eigenvalue weighted by Gasteiger charge is -2.55. The number of nitro groups is 1. The summed E-state index contributed by atoms with van der Waals surface area (Å²) in [6, 6.07) is 25.9.